The van der Waals surface area contributed by atoms with Crippen molar-refractivity contribution in [2.75, 3.05) is 33.9 Å². The highest BCUT2D eigenvalue weighted by molar-refractivity contribution is 5.91. The number of rotatable bonds is 8. The Morgan fingerprint density at radius 3 is 2.69 bits per heavy atom. The Hall–Kier alpha value is -2.61. The van der Waals surface area contributed by atoms with E-state index in [0.29, 0.717) is 24.0 Å². The summed E-state index contributed by atoms with van der Waals surface area (Å²) in [5.41, 5.74) is 1.68. The van der Waals surface area contributed by atoms with Crippen LogP contribution in [-0.4, -0.2) is 54.8 Å². The SMILES string of the molecule is COc1ccnc(CN2CCC(CNC(=O)c3cc(C(C)C)no3)CC2)c1OC. The summed E-state index contributed by atoms with van der Waals surface area (Å²) in [7, 11) is 3.26. The van der Waals surface area contributed by atoms with Gasteiger partial charge in [-0.25, -0.2) is 0 Å². The standard InChI is InChI=1S/C21H30N4O4/c1-14(2)16-11-19(29-24-16)21(26)23-12-15-6-9-25(10-7-15)13-17-20(28-4)18(27-3)5-8-22-17/h5,8,11,14-15H,6-7,9-10,12-13H2,1-4H3,(H,23,26). The maximum absolute atomic E-state index is 12.3. The maximum Gasteiger partial charge on any atom is 0.289 e. The highest BCUT2D eigenvalue weighted by Gasteiger charge is 2.23. The number of nitrogens with one attached hydrogen (secondary N) is 1. The number of hydrogen-bond donors (Lipinski definition) is 1. The monoisotopic (exact) mass is 402 g/mol. The molecule has 8 heteroatoms. The zero-order valence-electron chi connectivity index (χ0n) is 17.6. The van der Waals surface area contributed by atoms with Crippen LogP contribution >= 0.6 is 0 Å². The van der Waals surface area contributed by atoms with Crippen molar-refractivity contribution >= 4 is 5.91 Å². The van der Waals surface area contributed by atoms with E-state index in [4.69, 9.17) is 14.0 Å². The molecule has 0 aromatic carbocycles. The highest BCUT2D eigenvalue weighted by Crippen LogP contribution is 2.30. The van der Waals surface area contributed by atoms with Gasteiger partial charge in [0.2, 0.25) is 5.76 Å². The summed E-state index contributed by atoms with van der Waals surface area (Å²) in [6.07, 6.45) is 3.77. The number of aromatic nitrogens is 2. The minimum atomic E-state index is -0.197. The highest BCUT2D eigenvalue weighted by atomic mass is 16.5. The zero-order valence-corrected chi connectivity index (χ0v) is 17.6. The minimum absolute atomic E-state index is 0.197. The van der Waals surface area contributed by atoms with Gasteiger partial charge < -0.3 is 19.3 Å². The summed E-state index contributed by atoms with van der Waals surface area (Å²) >= 11 is 0. The van der Waals surface area contributed by atoms with E-state index >= 15 is 0 Å². The molecule has 0 aliphatic carbocycles. The summed E-state index contributed by atoms with van der Waals surface area (Å²) in [6.45, 7) is 7.29. The van der Waals surface area contributed by atoms with E-state index in [1.165, 1.54) is 0 Å². The molecule has 0 saturated carbocycles. The quantitative estimate of drug-likeness (QED) is 0.726. The summed E-state index contributed by atoms with van der Waals surface area (Å²) in [5, 5.41) is 6.92. The van der Waals surface area contributed by atoms with Crippen LogP contribution in [0.2, 0.25) is 0 Å². The molecule has 1 saturated heterocycles. The van der Waals surface area contributed by atoms with Crippen molar-refractivity contribution in [1.82, 2.24) is 20.4 Å². The van der Waals surface area contributed by atoms with Crippen molar-refractivity contribution in [1.29, 1.82) is 0 Å². The van der Waals surface area contributed by atoms with Gasteiger partial charge in [0.05, 0.1) is 19.9 Å². The fourth-order valence-corrected chi connectivity index (χ4v) is 3.52. The van der Waals surface area contributed by atoms with Crippen LogP contribution in [0, 0.1) is 5.92 Å². The van der Waals surface area contributed by atoms with Crippen LogP contribution in [0.25, 0.3) is 0 Å². The second-order valence-corrected chi connectivity index (χ2v) is 7.69. The molecule has 0 radical (unpaired) electrons. The van der Waals surface area contributed by atoms with Crippen molar-refractivity contribution in [3.63, 3.8) is 0 Å². The van der Waals surface area contributed by atoms with Gasteiger partial charge in [0, 0.05) is 31.4 Å². The number of amides is 1. The second-order valence-electron chi connectivity index (χ2n) is 7.69. The van der Waals surface area contributed by atoms with E-state index < -0.39 is 0 Å². The molecule has 0 spiro atoms. The van der Waals surface area contributed by atoms with Crippen LogP contribution < -0.4 is 14.8 Å². The van der Waals surface area contributed by atoms with Gasteiger partial charge in [0.25, 0.3) is 5.91 Å². The fraction of sp³-hybridized carbons (Fsp3) is 0.571. The van der Waals surface area contributed by atoms with E-state index in [0.717, 1.165) is 43.9 Å². The van der Waals surface area contributed by atoms with E-state index in [-0.39, 0.29) is 17.6 Å². The average Bonchev–Trinajstić information content (AvgIpc) is 3.23. The molecule has 3 rings (SSSR count). The Kier molecular flexibility index (Phi) is 7.09. The van der Waals surface area contributed by atoms with Crippen molar-refractivity contribution < 1.29 is 18.8 Å². The number of nitrogens with zero attached hydrogens (tertiary/aromatic N) is 3. The smallest absolute Gasteiger partial charge is 0.289 e. The largest absolute Gasteiger partial charge is 0.493 e. The van der Waals surface area contributed by atoms with E-state index in [2.05, 4.69) is 20.4 Å². The first-order valence-corrected chi connectivity index (χ1v) is 10.0. The molecular formula is C21H30N4O4. The van der Waals surface area contributed by atoms with Gasteiger partial charge in [-0.1, -0.05) is 19.0 Å². The lowest BCUT2D eigenvalue weighted by atomic mass is 9.96. The molecule has 3 heterocycles. The minimum Gasteiger partial charge on any atom is -0.493 e. The molecule has 1 aliphatic heterocycles. The fourth-order valence-electron chi connectivity index (χ4n) is 3.52. The third kappa shape index (κ3) is 5.26. The lowest BCUT2D eigenvalue weighted by Gasteiger charge is -2.32. The van der Waals surface area contributed by atoms with Crippen molar-refractivity contribution in [3.8, 4) is 11.5 Å². The normalized spacial score (nSPS) is 15.5. The Morgan fingerprint density at radius 2 is 2.07 bits per heavy atom. The van der Waals surface area contributed by atoms with Crippen molar-refractivity contribution in [2.24, 2.45) is 5.92 Å². The maximum atomic E-state index is 12.3. The van der Waals surface area contributed by atoms with Crippen molar-refractivity contribution in [2.45, 2.75) is 39.2 Å². The number of ether oxygens (including phenoxy) is 2. The Morgan fingerprint density at radius 1 is 1.31 bits per heavy atom. The van der Waals surface area contributed by atoms with E-state index in [9.17, 15) is 4.79 Å². The van der Waals surface area contributed by atoms with Gasteiger partial charge in [-0.2, -0.15) is 0 Å². The molecule has 1 N–H and O–H groups in total. The number of hydrogen-bond acceptors (Lipinski definition) is 7. The van der Waals surface area contributed by atoms with Gasteiger partial charge in [-0.15, -0.1) is 0 Å². The molecule has 2 aromatic heterocycles. The topological polar surface area (TPSA) is 89.7 Å². The lowest BCUT2D eigenvalue weighted by molar-refractivity contribution is 0.0898. The molecule has 1 fully saturated rings. The molecule has 0 bridgehead atoms. The summed E-state index contributed by atoms with van der Waals surface area (Å²) in [6, 6.07) is 3.52. The first-order valence-electron chi connectivity index (χ1n) is 10.0. The summed E-state index contributed by atoms with van der Waals surface area (Å²) in [5.74, 6) is 2.16. The zero-order chi connectivity index (χ0) is 20.8. The predicted octanol–water partition coefficient (Wildman–Crippen LogP) is 2.85. The Balaban J connectivity index is 1.46. The summed E-state index contributed by atoms with van der Waals surface area (Å²) < 4.78 is 16.0. The molecule has 1 amide bonds. The molecule has 8 nitrogen and oxygen atoms in total. The van der Waals surface area contributed by atoms with Gasteiger partial charge in [-0.3, -0.25) is 14.7 Å². The van der Waals surface area contributed by atoms with Gasteiger partial charge in [0.15, 0.2) is 11.5 Å². The predicted molar refractivity (Wildman–Crippen MR) is 108 cm³/mol. The molecule has 1 aliphatic rings. The third-order valence-electron chi connectivity index (χ3n) is 5.34. The molecule has 0 atom stereocenters. The van der Waals surface area contributed by atoms with Crippen LogP contribution in [0.1, 0.15) is 54.5 Å². The Bertz CT molecular complexity index is 813. The number of carbonyl (C=O) groups is 1. The number of methoxy groups -OCH3 is 2. The number of piperidine rings is 1. The lowest BCUT2D eigenvalue weighted by Crippen LogP contribution is -2.38. The van der Waals surface area contributed by atoms with Gasteiger partial charge in [-0.05, 0) is 37.8 Å². The average molecular weight is 402 g/mol. The molecule has 0 unspecified atom stereocenters. The van der Waals surface area contributed by atoms with Gasteiger partial charge in [0.1, 0.15) is 5.69 Å². The second kappa shape index (κ2) is 9.73. The third-order valence-corrected chi connectivity index (χ3v) is 5.34. The Labute approximate surface area is 171 Å². The van der Waals surface area contributed by atoms with Crippen LogP contribution in [0.3, 0.4) is 0 Å². The summed E-state index contributed by atoms with van der Waals surface area (Å²) in [4.78, 5) is 19.1. The van der Waals surface area contributed by atoms with Crippen LogP contribution in [0.15, 0.2) is 22.9 Å². The molecular weight excluding hydrogens is 372 g/mol. The van der Waals surface area contributed by atoms with E-state index in [1.807, 2.05) is 13.8 Å². The first-order chi connectivity index (χ1) is 14.0. The molecule has 158 valence electrons. The molecule has 2 aromatic rings. The van der Waals surface area contributed by atoms with E-state index in [1.54, 1.807) is 32.5 Å². The number of likely N-dealkylation sites (tertiary alicyclic amines) is 1. The number of carbonyl (C=O) groups excluding carboxylic acids is 1. The van der Waals surface area contributed by atoms with Gasteiger partial charge >= 0.3 is 0 Å². The van der Waals surface area contributed by atoms with Crippen molar-refractivity contribution in [3.05, 3.63) is 35.5 Å². The van der Waals surface area contributed by atoms with Crippen LogP contribution in [-0.2, 0) is 6.54 Å². The van der Waals surface area contributed by atoms with Crippen LogP contribution in [0.5, 0.6) is 11.5 Å². The molecule has 29 heavy (non-hydrogen) atoms. The number of pyridine rings is 1. The van der Waals surface area contributed by atoms with Crippen LogP contribution in [0.4, 0.5) is 0 Å². The first kappa shape index (κ1) is 21.1.